The summed E-state index contributed by atoms with van der Waals surface area (Å²) in [6, 6.07) is 13.0. The molecule has 1 aliphatic heterocycles. The summed E-state index contributed by atoms with van der Waals surface area (Å²) in [7, 11) is 1.61. The van der Waals surface area contributed by atoms with Gasteiger partial charge in [-0.25, -0.2) is 0 Å². The number of piperazine rings is 1. The second kappa shape index (κ2) is 8.54. The number of rotatable bonds is 5. The Hall–Kier alpha value is -2.70. The van der Waals surface area contributed by atoms with Crippen molar-refractivity contribution in [2.75, 3.05) is 38.2 Å². The SMILES string of the molecule is COc1ccc(CCC(=O)N2CCN(c3cccc(C(F)(F)F)c3)CC2)cc1. The Morgan fingerprint density at radius 3 is 2.32 bits per heavy atom. The summed E-state index contributed by atoms with van der Waals surface area (Å²) in [4.78, 5) is 16.1. The summed E-state index contributed by atoms with van der Waals surface area (Å²) in [5.74, 6) is 0.848. The monoisotopic (exact) mass is 392 g/mol. The van der Waals surface area contributed by atoms with E-state index < -0.39 is 11.7 Å². The molecule has 28 heavy (non-hydrogen) atoms. The summed E-state index contributed by atoms with van der Waals surface area (Å²) in [5, 5.41) is 0. The van der Waals surface area contributed by atoms with Crippen molar-refractivity contribution in [2.45, 2.75) is 19.0 Å². The lowest BCUT2D eigenvalue weighted by molar-refractivity contribution is -0.137. The van der Waals surface area contributed by atoms with E-state index in [2.05, 4.69) is 0 Å². The lowest BCUT2D eigenvalue weighted by Gasteiger charge is -2.36. The Kier molecular flexibility index (Phi) is 6.11. The van der Waals surface area contributed by atoms with E-state index in [-0.39, 0.29) is 5.91 Å². The number of amides is 1. The molecule has 1 saturated heterocycles. The van der Waals surface area contributed by atoms with Gasteiger partial charge in [-0.15, -0.1) is 0 Å². The van der Waals surface area contributed by atoms with Gasteiger partial charge in [-0.05, 0) is 42.3 Å². The third-order valence-corrected chi connectivity index (χ3v) is 4.96. The number of nitrogens with zero attached hydrogens (tertiary/aromatic N) is 2. The zero-order valence-electron chi connectivity index (χ0n) is 15.7. The number of carbonyl (C=O) groups excluding carboxylic acids is 1. The molecule has 0 saturated carbocycles. The van der Waals surface area contributed by atoms with Crippen LogP contribution in [0.25, 0.3) is 0 Å². The van der Waals surface area contributed by atoms with Crippen LogP contribution in [0, 0.1) is 0 Å². The average molecular weight is 392 g/mol. The van der Waals surface area contributed by atoms with Crippen molar-refractivity contribution in [3.63, 3.8) is 0 Å². The van der Waals surface area contributed by atoms with Crippen LogP contribution in [0.3, 0.4) is 0 Å². The molecule has 1 heterocycles. The number of hydrogen-bond acceptors (Lipinski definition) is 3. The lowest BCUT2D eigenvalue weighted by atomic mass is 10.1. The van der Waals surface area contributed by atoms with Crippen LogP contribution in [-0.2, 0) is 17.4 Å². The minimum Gasteiger partial charge on any atom is -0.497 e. The number of methoxy groups -OCH3 is 1. The van der Waals surface area contributed by atoms with Gasteiger partial charge in [-0.1, -0.05) is 18.2 Å². The summed E-state index contributed by atoms with van der Waals surface area (Å²) < 4.78 is 43.8. The van der Waals surface area contributed by atoms with E-state index in [0.717, 1.165) is 17.4 Å². The first-order valence-corrected chi connectivity index (χ1v) is 9.20. The fourth-order valence-corrected chi connectivity index (χ4v) is 3.29. The molecule has 0 spiro atoms. The van der Waals surface area contributed by atoms with Crippen LogP contribution >= 0.6 is 0 Å². The van der Waals surface area contributed by atoms with Crippen molar-refractivity contribution in [3.8, 4) is 5.75 Å². The first-order chi connectivity index (χ1) is 13.4. The van der Waals surface area contributed by atoms with E-state index in [1.807, 2.05) is 29.2 Å². The smallest absolute Gasteiger partial charge is 0.416 e. The molecule has 1 amide bonds. The molecule has 1 fully saturated rings. The molecule has 0 aromatic heterocycles. The highest BCUT2D eigenvalue weighted by Crippen LogP contribution is 2.31. The molecule has 0 atom stereocenters. The number of hydrogen-bond donors (Lipinski definition) is 0. The molecule has 0 bridgehead atoms. The number of benzene rings is 2. The Balaban J connectivity index is 1.51. The van der Waals surface area contributed by atoms with Crippen LogP contribution < -0.4 is 9.64 Å². The van der Waals surface area contributed by atoms with Gasteiger partial charge in [0.1, 0.15) is 5.75 Å². The van der Waals surface area contributed by atoms with Crippen LogP contribution in [0.5, 0.6) is 5.75 Å². The van der Waals surface area contributed by atoms with Gasteiger partial charge in [0.25, 0.3) is 0 Å². The molecule has 1 aliphatic rings. The van der Waals surface area contributed by atoms with Crippen LogP contribution in [-0.4, -0.2) is 44.1 Å². The van der Waals surface area contributed by atoms with Crippen LogP contribution in [0.1, 0.15) is 17.5 Å². The van der Waals surface area contributed by atoms with Crippen LogP contribution in [0.4, 0.5) is 18.9 Å². The topological polar surface area (TPSA) is 32.8 Å². The van der Waals surface area contributed by atoms with Crippen molar-refractivity contribution < 1.29 is 22.7 Å². The normalized spacial score (nSPS) is 14.9. The molecule has 2 aromatic carbocycles. The second-order valence-electron chi connectivity index (χ2n) is 6.76. The van der Waals surface area contributed by atoms with Gasteiger partial charge in [-0.2, -0.15) is 13.2 Å². The molecule has 2 aromatic rings. The van der Waals surface area contributed by atoms with Gasteiger partial charge in [0.15, 0.2) is 0 Å². The predicted octanol–water partition coefficient (Wildman–Crippen LogP) is 4.00. The first-order valence-electron chi connectivity index (χ1n) is 9.20. The Morgan fingerprint density at radius 1 is 1.04 bits per heavy atom. The number of alkyl halides is 3. The van der Waals surface area contributed by atoms with Gasteiger partial charge in [0, 0.05) is 38.3 Å². The zero-order chi connectivity index (χ0) is 20.1. The average Bonchev–Trinajstić information content (AvgIpc) is 2.72. The Bertz CT molecular complexity index is 798. The summed E-state index contributed by atoms with van der Waals surface area (Å²) >= 11 is 0. The fraction of sp³-hybridized carbons (Fsp3) is 0.381. The Labute approximate surface area is 162 Å². The number of anilines is 1. The molecule has 0 unspecified atom stereocenters. The van der Waals surface area contributed by atoms with Crippen molar-refractivity contribution in [1.29, 1.82) is 0 Å². The van der Waals surface area contributed by atoms with Gasteiger partial charge in [0.05, 0.1) is 12.7 Å². The fourth-order valence-electron chi connectivity index (χ4n) is 3.29. The highest BCUT2D eigenvalue weighted by molar-refractivity contribution is 5.76. The lowest BCUT2D eigenvalue weighted by Crippen LogP contribution is -2.48. The van der Waals surface area contributed by atoms with Crippen molar-refractivity contribution in [1.82, 2.24) is 4.90 Å². The minimum atomic E-state index is -4.35. The van der Waals surface area contributed by atoms with Crippen molar-refractivity contribution >= 4 is 11.6 Å². The maximum Gasteiger partial charge on any atom is 0.416 e. The van der Waals surface area contributed by atoms with E-state index in [1.54, 1.807) is 18.1 Å². The molecule has 3 rings (SSSR count). The highest BCUT2D eigenvalue weighted by atomic mass is 19.4. The molecule has 4 nitrogen and oxygen atoms in total. The standard InChI is InChI=1S/C21H23F3N2O2/c1-28-19-8-5-16(6-9-19)7-10-20(27)26-13-11-25(12-14-26)18-4-2-3-17(15-18)21(22,23)24/h2-6,8-9,15H,7,10-14H2,1H3. The second-order valence-corrected chi connectivity index (χ2v) is 6.76. The molecule has 0 radical (unpaired) electrons. The summed E-state index contributed by atoms with van der Waals surface area (Å²) in [6.45, 7) is 2.07. The van der Waals surface area contributed by atoms with E-state index in [1.165, 1.54) is 12.1 Å². The number of halogens is 3. The van der Waals surface area contributed by atoms with Crippen LogP contribution in [0.2, 0.25) is 0 Å². The van der Waals surface area contributed by atoms with E-state index in [9.17, 15) is 18.0 Å². The quantitative estimate of drug-likeness (QED) is 0.771. The van der Waals surface area contributed by atoms with Gasteiger partial charge < -0.3 is 14.5 Å². The van der Waals surface area contributed by atoms with Crippen LogP contribution in [0.15, 0.2) is 48.5 Å². The third-order valence-electron chi connectivity index (χ3n) is 4.96. The Morgan fingerprint density at radius 2 is 1.71 bits per heavy atom. The molecule has 7 heteroatoms. The largest absolute Gasteiger partial charge is 0.497 e. The molecule has 150 valence electrons. The third kappa shape index (κ3) is 4.97. The first kappa shape index (κ1) is 20.0. The zero-order valence-corrected chi connectivity index (χ0v) is 15.7. The van der Waals surface area contributed by atoms with Gasteiger partial charge in [-0.3, -0.25) is 4.79 Å². The van der Waals surface area contributed by atoms with E-state index >= 15 is 0 Å². The van der Waals surface area contributed by atoms with Gasteiger partial charge in [0.2, 0.25) is 5.91 Å². The van der Waals surface area contributed by atoms with E-state index in [0.29, 0.717) is 44.7 Å². The number of carbonyl (C=O) groups is 1. The molecule has 0 aliphatic carbocycles. The minimum absolute atomic E-state index is 0.0690. The maximum absolute atomic E-state index is 12.9. The summed E-state index contributed by atoms with van der Waals surface area (Å²) in [6.07, 6.45) is -3.29. The summed E-state index contributed by atoms with van der Waals surface area (Å²) in [5.41, 5.74) is 0.958. The van der Waals surface area contributed by atoms with Crippen molar-refractivity contribution in [2.24, 2.45) is 0 Å². The molecule has 0 N–H and O–H groups in total. The predicted molar refractivity (Wildman–Crippen MR) is 102 cm³/mol. The van der Waals surface area contributed by atoms with Gasteiger partial charge >= 0.3 is 6.18 Å². The molecular formula is C21H23F3N2O2. The number of aryl methyl sites for hydroxylation is 1. The maximum atomic E-state index is 12.9. The molecular weight excluding hydrogens is 369 g/mol. The highest BCUT2D eigenvalue weighted by Gasteiger charge is 2.31. The van der Waals surface area contributed by atoms with E-state index in [4.69, 9.17) is 4.74 Å². The van der Waals surface area contributed by atoms with Crippen molar-refractivity contribution in [3.05, 3.63) is 59.7 Å². The number of ether oxygens (including phenoxy) is 1.